The predicted octanol–water partition coefficient (Wildman–Crippen LogP) is 4.65. The van der Waals surface area contributed by atoms with Gasteiger partial charge in [-0.15, -0.1) is 0 Å². The minimum Gasteiger partial charge on any atom is -0.463 e. The zero-order chi connectivity index (χ0) is 15.9. The Morgan fingerprint density at radius 1 is 1.09 bits per heavy atom. The van der Waals surface area contributed by atoms with Gasteiger partial charge in [-0.3, -0.25) is 0 Å². The summed E-state index contributed by atoms with van der Waals surface area (Å²) in [4.78, 5) is 11.5. The lowest BCUT2D eigenvalue weighted by atomic mass is 10.2. The Hall–Kier alpha value is -1.52. The molecule has 0 N–H and O–H groups in total. The van der Waals surface area contributed by atoms with Gasteiger partial charge in [-0.05, 0) is 30.4 Å². The van der Waals surface area contributed by atoms with Crippen LogP contribution in [0.3, 0.4) is 0 Å². The second kappa shape index (κ2) is 13.2. The monoisotopic (exact) mass is 320 g/mol. The fourth-order valence-electron chi connectivity index (χ4n) is 1.79. The zero-order valence-corrected chi connectivity index (χ0v) is 13.9. The van der Waals surface area contributed by atoms with Crippen molar-refractivity contribution in [3.05, 3.63) is 54.1 Å². The lowest BCUT2D eigenvalue weighted by Crippen LogP contribution is -2.02. The van der Waals surface area contributed by atoms with Gasteiger partial charge in [0.25, 0.3) is 0 Å². The standard InChI is InChI=1S/C18H24O3S/c1-20-22-16-10-3-2-9-15-21-18(19)14-8-7-13-17-11-5-4-6-12-17/h4-8,11-14H,2-3,9-10,15-16H2,1H3. The van der Waals surface area contributed by atoms with E-state index in [2.05, 4.69) is 0 Å². The van der Waals surface area contributed by atoms with Crippen molar-refractivity contribution in [2.75, 3.05) is 19.5 Å². The average molecular weight is 320 g/mol. The molecule has 4 heteroatoms. The number of allylic oxidation sites excluding steroid dienone is 2. The molecule has 0 aliphatic heterocycles. The van der Waals surface area contributed by atoms with Crippen molar-refractivity contribution in [1.82, 2.24) is 0 Å². The van der Waals surface area contributed by atoms with Gasteiger partial charge in [0.05, 0.1) is 13.7 Å². The molecule has 0 radical (unpaired) electrons. The van der Waals surface area contributed by atoms with Crippen molar-refractivity contribution in [1.29, 1.82) is 0 Å². The Bertz CT molecular complexity index is 455. The van der Waals surface area contributed by atoms with Gasteiger partial charge in [-0.25, -0.2) is 4.79 Å². The summed E-state index contributed by atoms with van der Waals surface area (Å²) in [5.74, 6) is 0.736. The fourth-order valence-corrected chi connectivity index (χ4v) is 2.27. The highest BCUT2D eigenvalue weighted by Crippen LogP contribution is 2.07. The maximum atomic E-state index is 11.5. The van der Waals surface area contributed by atoms with Crippen molar-refractivity contribution in [2.45, 2.75) is 25.7 Å². The van der Waals surface area contributed by atoms with Gasteiger partial charge in [0, 0.05) is 11.8 Å². The summed E-state index contributed by atoms with van der Waals surface area (Å²) in [5.41, 5.74) is 1.10. The molecule has 22 heavy (non-hydrogen) atoms. The minimum absolute atomic E-state index is 0.285. The molecule has 0 unspecified atom stereocenters. The number of ether oxygens (including phenoxy) is 1. The van der Waals surface area contributed by atoms with E-state index in [9.17, 15) is 4.79 Å². The van der Waals surface area contributed by atoms with Crippen LogP contribution in [0.1, 0.15) is 31.2 Å². The third-order valence-electron chi connectivity index (χ3n) is 2.92. The van der Waals surface area contributed by atoms with E-state index in [0.717, 1.165) is 37.0 Å². The Morgan fingerprint density at radius 3 is 2.64 bits per heavy atom. The van der Waals surface area contributed by atoms with Crippen LogP contribution in [0.5, 0.6) is 0 Å². The summed E-state index contributed by atoms with van der Waals surface area (Å²) in [7, 11) is 1.69. The van der Waals surface area contributed by atoms with Crippen molar-refractivity contribution >= 4 is 24.1 Å². The maximum absolute atomic E-state index is 11.5. The Labute approximate surface area is 137 Å². The molecule has 0 aliphatic carbocycles. The average Bonchev–Trinajstić information content (AvgIpc) is 2.55. The summed E-state index contributed by atoms with van der Waals surface area (Å²) >= 11 is 1.49. The topological polar surface area (TPSA) is 35.5 Å². The number of benzene rings is 1. The van der Waals surface area contributed by atoms with Crippen LogP contribution in [0.25, 0.3) is 6.08 Å². The lowest BCUT2D eigenvalue weighted by Gasteiger charge is -2.02. The first-order valence-corrected chi connectivity index (χ1v) is 8.46. The first-order chi connectivity index (χ1) is 10.8. The molecule has 0 aliphatic rings. The first kappa shape index (κ1) is 18.5. The van der Waals surface area contributed by atoms with Crippen LogP contribution in [-0.4, -0.2) is 25.4 Å². The summed E-state index contributed by atoms with van der Waals surface area (Å²) in [6.07, 6.45) is 11.2. The molecule has 0 saturated heterocycles. The van der Waals surface area contributed by atoms with Gasteiger partial charge in [0.1, 0.15) is 0 Å². The predicted molar refractivity (Wildman–Crippen MR) is 93.5 cm³/mol. The smallest absolute Gasteiger partial charge is 0.330 e. The molecule has 120 valence electrons. The third kappa shape index (κ3) is 10.2. The minimum atomic E-state index is -0.285. The fraction of sp³-hybridized carbons (Fsp3) is 0.389. The van der Waals surface area contributed by atoms with Crippen molar-refractivity contribution < 1.29 is 13.7 Å². The van der Waals surface area contributed by atoms with Crippen LogP contribution in [0.15, 0.2) is 48.6 Å². The van der Waals surface area contributed by atoms with Gasteiger partial charge in [0.2, 0.25) is 0 Å². The van der Waals surface area contributed by atoms with Gasteiger partial charge in [-0.1, -0.05) is 61.4 Å². The van der Waals surface area contributed by atoms with Gasteiger partial charge < -0.3 is 8.92 Å². The van der Waals surface area contributed by atoms with E-state index in [-0.39, 0.29) is 5.97 Å². The summed E-state index contributed by atoms with van der Waals surface area (Å²) in [6.45, 7) is 0.489. The van der Waals surface area contributed by atoms with Gasteiger partial charge in [0.15, 0.2) is 0 Å². The van der Waals surface area contributed by atoms with Crippen LogP contribution in [-0.2, 0) is 13.7 Å². The molecule has 0 heterocycles. The second-order valence-corrected chi connectivity index (χ2v) is 5.68. The van der Waals surface area contributed by atoms with Gasteiger partial charge in [-0.2, -0.15) is 0 Å². The zero-order valence-electron chi connectivity index (χ0n) is 13.1. The third-order valence-corrected chi connectivity index (χ3v) is 3.61. The summed E-state index contributed by atoms with van der Waals surface area (Å²) < 4.78 is 10.0. The molecule has 1 aromatic carbocycles. The number of carbonyl (C=O) groups is 1. The summed E-state index contributed by atoms with van der Waals surface area (Å²) in [6, 6.07) is 9.94. The molecule has 1 aromatic rings. The summed E-state index contributed by atoms with van der Waals surface area (Å²) in [5, 5.41) is 0. The molecule has 0 bridgehead atoms. The molecular formula is C18H24O3S. The highest BCUT2D eigenvalue weighted by atomic mass is 32.2. The largest absolute Gasteiger partial charge is 0.463 e. The van der Waals surface area contributed by atoms with Crippen LogP contribution < -0.4 is 0 Å². The van der Waals surface area contributed by atoms with Crippen molar-refractivity contribution in [3.63, 3.8) is 0 Å². The number of hydrogen-bond acceptors (Lipinski definition) is 4. The molecule has 1 rings (SSSR count). The van der Waals surface area contributed by atoms with Gasteiger partial charge >= 0.3 is 5.97 Å². The lowest BCUT2D eigenvalue weighted by molar-refractivity contribution is -0.137. The molecule has 0 atom stereocenters. The van der Waals surface area contributed by atoms with Crippen LogP contribution in [0.2, 0.25) is 0 Å². The number of esters is 1. The highest BCUT2D eigenvalue weighted by molar-refractivity contribution is 7.94. The Kier molecular flexibility index (Phi) is 11.1. The van der Waals surface area contributed by atoms with Crippen LogP contribution >= 0.6 is 12.0 Å². The highest BCUT2D eigenvalue weighted by Gasteiger charge is 1.96. The van der Waals surface area contributed by atoms with Crippen LogP contribution in [0, 0.1) is 0 Å². The van der Waals surface area contributed by atoms with E-state index in [1.807, 2.05) is 42.5 Å². The van der Waals surface area contributed by atoms with E-state index in [1.54, 1.807) is 13.2 Å². The van der Waals surface area contributed by atoms with E-state index in [1.165, 1.54) is 18.1 Å². The Morgan fingerprint density at radius 2 is 1.86 bits per heavy atom. The number of unbranched alkanes of at least 4 members (excludes halogenated alkanes) is 3. The molecule has 0 amide bonds. The Balaban J connectivity index is 2.03. The van der Waals surface area contributed by atoms with Crippen LogP contribution in [0.4, 0.5) is 0 Å². The number of hydrogen-bond donors (Lipinski definition) is 0. The van der Waals surface area contributed by atoms with Crippen molar-refractivity contribution in [2.24, 2.45) is 0 Å². The second-order valence-electron chi connectivity index (χ2n) is 4.70. The van der Waals surface area contributed by atoms with E-state index >= 15 is 0 Å². The SMILES string of the molecule is COSCCCCCCOC(=O)C=CC=Cc1ccccc1. The molecule has 0 spiro atoms. The first-order valence-electron chi connectivity index (χ1n) is 7.55. The molecule has 0 saturated carbocycles. The molecular weight excluding hydrogens is 296 g/mol. The normalized spacial score (nSPS) is 11.3. The van der Waals surface area contributed by atoms with Crippen molar-refractivity contribution in [3.8, 4) is 0 Å². The maximum Gasteiger partial charge on any atom is 0.330 e. The number of carbonyl (C=O) groups excluding carboxylic acids is 1. The number of rotatable bonds is 11. The quantitative estimate of drug-likeness (QED) is 0.195. The van der Waals surface area contributed by atoms with E-state index < -0.39 is 0 Å². The van der Waals surface area contributed by atoms with E-state index in [4.69, 9.17) is 8.92 Å². The molecule has 0 fully saturated rings. The molecule has 0 aromatic heterocycles. The molecule has 3 nitrogen and oxygen atoms in total. The van der Waals surface area contributed by atoms with E-state index in [0.29, 0.717) is 6.61 Å².